The number of nitrogens with zero attached hydrogens (tertiary/aromatic N) is 3. The van der Waals surface area contributed by atoms with Crippen LogP contribution in [0.2, 0.25) is 0 Å². The average molecular weight is 449 g/mol. The molecule has 1 aliphatic carbocycles. The molecule has 1 aliphatic heterocycles. The molecule has 2 fully saturated rings. The summed E-state index contributed by atoms with van der Waals surface area (Å²) in [6.45, 7) is 5.33. The number of carbonyl (C=O) groups excluding carboxylic acids is 2. The van der Waals surface area contributed by atoms with Gasteiger partial charge < -0.3 is 10.2 Å². The van der Waals surface area contributed by atoms with Gasteiger partial charge in [0, 0.05) is 43.0 Å². The van der Waals surface area contributed by atoms with Crippen LogP contribution < -0.4 is 5.32 Å². The van der Waals surface area contributed by atoms with Crippen LogP contribution in [0, 0.1) is 11.3 Å². The number of nitrogens with one attached hydrogen (secondary N) is 1. The highest BCUT2D eigenvalue weighted by Crippen LogP contribution is 2.38. The lowest BCUT2D eigenvalue weighted by molar-refractivity contribution is -0.144. The molecule has 2 aliphatic rings. The number of piperidine rings is 1. The molecule has 6 nitrogen and oxygen atoms in total. The van der Waals surface area contributed by atoms with Crippen LogP contribution in [0.5, 0.6) is 0 Å². The van der Waals surface area contributed by atoms with Crippen LogP contribution in [0.25, 0.3) is 11.1 Å². The number of amides is 2. The molecule has 1 aromatic carbocycles. The summed E-state index contributed by atoms with van der Waals surface area (Å²) in [6, 6.07) is 8.41. The maximum absolute atomic E-state index is 13.4. The summed E-state index contributed by atoms with van der Waals surface area (Å²) >= 11 is 0. The molecule has 2 heterocycles. The van der Waals surface area contributed by atoms with Gasteiger partial charge in [0.15, 0.2) is 0 Å². The minimum Gasteiger partial charge on any atom is -0.353 e. The Labute approximate surface area is 197 Å². The molecule has 1 aromatic heterocycles. The lowest BCUT2D eigenvalue weighted by atomic mass is 9.72. The van der Waals surface area contributed by atoms with Gasteiger partial charge in [0.1, 0.15) is 6.33 Å². The standard InChI is InChI=1S/C27H36N4O2/c1-20(2)30-26(33)27(11-13-31(14-12-27)25(32)22-8-4-3-5-9-22)16-21-7-6-10-23(15-21)24-17-28-19-29-18-24/h6-7,10,15,17-20,22H,3-5,8-9,11-14,16H2,1-2H3,(H,30,33). The second-order valence-corrected chi connectivity index (χ2v) is 10.1. The van der Waals surface area contributed by atoms with E-state index in [1.165, 1.54) is 12.7 Å². The van der Waals surface area contributed by atoms with Crippen LogP contribution in [0.1, 0.15) is 64.4 Å². The number of hydrogen-bond acceptors (Lipinski definition) is 4. The number of likely N-dealkylation sites (tertiary alicyclic amines) is 1. The highest BCUT2D eigenvalue weighted by Gasteiger charge is 2.43. The van der Waals surface area contributed by atoms with E-state index in [0.29, 0.717) is 38.3 Å². The van der Waals surface area contributed by atoms with Crippen LogP contribution in [0.3, 0.4) is 0 Å². The van der Waals surface area contributed by atoms with E-state index in [1.54, 1.807) is 0 Å². The van der Waals surface area contributed by atoms with Gasteiger partial charge >= 0.3 is 0 Å². The summed E-state index contributed by atoms with van der Waals surface area (Å²) in [5.74, 6) is 0.592. The van der Waals surface area contributed by atoms with Crippen LogP contribution in [0.15, 0.2) is 43.0 Å². The topological polar surface area (TPSA) is 75.2 Å². The van der Waals surface area contributed by atoms with Crippen molar-refractivity contribution in [2.45, 2.75) is 71.3 Å². The average Bonchev–Trinajstić information content (AvgIpc) is 2.85. The molecular weight excluding hydrogens is 412 g/mol. The fourth-order valence-corrected chi connectivity index (χ4v) is 5.36. The van der Waals surface area contributed by atoms with Crippen molar-refractivity contribution in [2.24, 2.45) is 11.3 Å². The van der Waals surface area contributed by atoms with E-state index < -0.39 is 5.41 Å². The summed E-state index contributed by atoms with van der Waals surface area (Å²) < 4.78 is 0. The van der Waals surface area contributed by atoms with Crippen molar-refractivity contribution in [3.63, 3.8) is 0 Å². The van der Waals surface area contributed by atoms with Gasteiger partial charge in [0.05, 0.1) is 5.41 Å². The smallest absolute Gasteiger partial charge is 0.226 e. The molecule has 1 N–H and O–H groups in total. The lowest BCUT2D eigenvalue weighted by Crippen LogP contribution is -2.53. The maximum Gasteiger partial charge on any atom is 0.226 e. The van der Waals surface area contributed by atoms with Crippen molar-refractivity contribution in [1.82, 2.24) is 20.2 Å². The summed E-state index contributed by atoms with van der Waals surface area (Å²) in [4.78, 5) is 36.8. The Morgan fingerprint density at radius 1 is 1.06 bits per heavy atom. The fourth-order valence-electron chi connectivity index (χ4n) is 5.36. The van der Waals surface area contributed by atoms with E-state index >= 15 is 0 Å². The van der Waals surface area contributed by atoms with E-state index in [1.807, 2.05) is 37.2 Å². The van der Waals surface area contributed by atoms with Crippen molar-refractivity contribution < 1.29 is 9.59 Å². The minimum atomic E-state index is -0.501. The van der Waals surface area contributed by atoms with Gasteiger partial charge in [-0.1, -0.05) is 43.5 Å². The number of aromatic nitrogens is 2. The van der Waals surface area contributed by atoms with Crippen molar-refractivity contribution in [3.8, 4) is 11.1 Å². The summed E-state index contributed by atoms with van der Waals surface area (Å²) in [5.41, 5.74) is 2.65. The first-order valence-electron chi connectivity index (χ1n) is 12.4. The zero-order chi connectivity index (χ0) is 23.3. The summed E-state index contributed by atoms with van der Waals surface area (Å²) in [7, 11) is 0. The van der Waals surface area contributed by atoms with E-state index in [-0.39, 0.29) is 17.9 Å². The molecule has 33 heavy (non-hydrogen) atoms. The number of hydrogen-bond donors (Lipinski definition) is 1. The number of benzene rings is 1. The summed E-state index contributed by atoms with van der Waals surface area (Å²) in [5, 5.41) is 3.16. The molecule has 0 bridgehead atoms. The van der Waals surface area contributed by atoms with Gasteiger partial charge in [-0.25, -0.2) is 9.97 Å². The summed E-state index contributed by atoms with van der Waals surface area (Å²) in [6.07, 6.45) is 12.8. The second kappa shape index (κ2) is 10.4. The molecule has 0 atom stereocenters. The first-order chi connectivity index (χ1) is 16.0. The zero-order valence-corrected chi connectivity index (χ0v) is 19.9. The molecule has 6 heteroatoms. The third kappa shape index (κ3) is 5.60. The zero-order valence-electron chi connectivity index (χ0n) is 19.9. The number of carbonyl (C=O) groups is 2. The first-order valence-corrected chi connectivity index (χ1v) is 12.4. The van der Waals surface area contributed by atoms with Crippen LogP contribution in [-0.2, 0) is 16.0 Å². The van der Waals surface area contributed by atoms with E-state index in [9.17, 15) is 9.59 Å². The van der Waals surface area contributed by atoms with Gasteiger partial charge in [-0.2, -0.15) is 0 Å². The Hall–Kier alpha value is -2.76. The molecule has 1 saturated carbocycles. The monoisotopic (exact) mass is 448 g/mol. The van der Waals surface area contributed by atoms with Crippen LogP contribution >= 0.6 is 0 Å². The lowest BCUT2D eigenvalue weighted by Gasteiger charge is -2.42. The molecule has 4 rings (SSSR count). The predicted octanol–water partition coefficient (Wildman–Crippen LogP) is 4.40. The third-order valence-electron chi connectivity index (χ3n) is 7.25. The maximum atomic E-state index is 13.4. The molecule has 0 radical (unpaired) electrons. The van der Waals surface area contributed by atoms with Gasteiger partial charge in [0.2, 0.25) is 11.8 Å². The van der Waals surface area contributed by atoms with E-state index in [4.69, 9.17) is 0 Å². The van der Waals surface area contributed by atoms with Gasteiger partial charge in [-0.05, 0) is 57.1 Å². The Balaban J connectivity index is 1.51. The van der Waals surface area contributed by atoms with Gasteiger partial charge in [-0.3, -0.25) is 9.59 Å². The molecule has 0 unspecified atom stereocenters. The van der Waals surface area contributed by atoms with E-state index in [0.717, 1.165) is 42.4 Å². The van der Waals surface area contributed by atoms with Crippen LogP contribution in [0.4, 0.5) is 0 Å². The van der Waals surface area contributed by atoms with Gasteiger partial charge in [-0.15, -0.1) is 0 Å². The normalized spacial score (nSPS) is 18.8. The molecule has 1 saturated heterocycles. The van der Waals surface area contributed by atoms with Crippen molar-refractivity contribution in [3.05, 3.63) is 48.5 Å². The van der Waals surface area contributed by atoms with Gasteiger partial charge in [0.25, 0.3) is 0 Å². The molecular formula is C27H36N4O2. The third-order valence-corrected chi connectivity index (χ3v) is 7.25. The second-order valence-electron chi connectivity index (χ2n) is 10.1. The largest absolute Gasteiger partial charge is 0.353 e. The Morgan fingerprint density at radius 2 is 1.76 bits per heavy atom. The van der Waals surface area contributed by atoms with Crippen molar-refractivity contribution in [1.29, 1.82) is 0 Å². The van der Waals surface area contributed by atoms with E-state index in [2.05, 4.69) is 33.5 Å². The highest BCUT2D eigenvalue weighted by atomic mass is 16.2. The highest BCUT2D eigenvalue weighted by molar-refractivity contribution is 5.84. The Morgan fingerprint density at radius 3 is 2.42 bits per heavy atom. The molecule has 0 spiro atoms. The van der Waals surface area contributed by atoms with Crippen molar-refractivity contribution in [2.75, 3.05) is 13.1 Å². The molecule has 2 amide bonds. The molecule has 2 aromatic rings. The van der Waals surface area contributed by atoms with Crippen LogP contribution in [-0.4, -0.2) is 45.8 Å². The number of rotatable bonds is 6. The minimum absolute atomic E-state index is 0.0871. The predicted molar refractivity (Wildman–Crippen MR) is 129 cm³/mol. The fraction of sp³-hybridized carbons (Fsp3) is 0.556. The molecule has 176 valence electrons. The Bertz CT molecular complexity index is 946. The Kier molecular flexibility index (Phi) is 7.41. The quantitative estimate of drug-likeness (QED) is 0.711. The first kappa shape index (κ1) is 23.4. The van der Waals surface area contributed by atoms with Crippen molar-refractivity contribution >= 4 is 11.8 Å². The SMILES string of the molecule is CC(C)NC(=O)C1(Cc2cccc(-c3cncnc3)c2)CCN(C(=O)C2CCCCC2)CC1.